The van der Waals surface area contributed by atoms with Gasteiger partial charge in [0.05, 0.1) is 7.11 Å². The highest BCUT2D eigenvalue weighted by atomic mass is 35.5. The summed E-state index contributed by atoms with van der Waals surface area (Å²) in [5.41, 5.74) is 1.03. The van der Waals surface area contributed by atoms with Gasteiger partial charge in [-0.3, -0.25) is 4.90 Å². The lowest BCUT2D eigenvalue weighted by Crippen LogP contribution is -2.29. The monoisotopic (exact) mass is 259 g/mol. The van der Waals surface area contributed by atoms with Gasteiger partial charge in [-0.2, -0.15) is 0 Å². The van der Waals surface area contributed by atoms with Gasteiger partial charge in [0, 0.05) is 6.54 Å². The van der Waals surface area contributed by atoms with E-state index in [1.165, 1.54) is 26.4 Å². The molecule has 0 aliphatic carbocycles. The van der Waals surface area contributed by atoms with E-state index in [9.17, 15) is 4.39 Å². The molecular formula is C13H19ClFNO. The Morgan fingerprint density at radius 1 is 1.24 bits per heavy atom. The lowest BCUT2D eigenvalue weighted by Gasteiger charge is -2.26. The van der Waals surface area contributed by atoms with Crippen LogP contribution in [-0.2, 0) is 6.54 Å². The quantitative estimate of drug-likeness (QED) is 0.826. The molecule has 0 atom stereocenters. The fraction of sp³-hybridized carbons (Fsp3) is 0.538. The summed E-state index contributed by atoms with van der Waals surface area (Å²) in [6, 6.07) is 5.22. The van der Waals surface area contributed by atoms with Gasteiger partial charge in [0.15, 0.2) is 11.6 Å². The van der Waals surface area contributed by atoms with Crippen LogP contribution >= 0.6 is 12.4 Å². The lowest BCUT2D eigenvalue weighted by atomic mass is 10.1. The van der Waals surface area contributed by atoms with Crippen LogP contribution in [0.1, 0.15) is 24.8 Å². The number of hydrogen-bond acceptors (Lipinski definition) is 2. The average molecular weight is 260 g/mol. The molecule has 0 bridgehead atoms. The molecule has 2 rings (SSSR count). The minimum atomic E-state index is -0.267. The van der Waals surface area contributed by atoms with Crippen molar-refractivity contribution in [2.75, 3.05) is 20.2 Å². The van der Waals surface area contributed by atoms with Crippen LogP contribution in [0.2, 0.25) is 0 Å². The number of ether oxygens (including phenoxy) is 1. The van der Waals surface area contributed by atoms with E-state index in [-0.39, 0.29) is 18.2 Å². The molecule has 4 heteroatoms. The van der Waals surface area contributed by atoms with Gasteiger partial charge >= 0.3 is 0 Å². The molecule has 0 amide bonds. The molecule has 0 unspecified atom stereocenters. The predicted octanol–water partition coefficient (Wildman–Crippen LogP) is 3.24. The van der Waals surface area contributed by atoms with Gasteiger partial charge < -0.3 is 4.74 Å². The molecule has 1 fully saturated rings. The third kappa shape index (κ3) is 3.86. The second kappa shape index (κ2) is 6.82. The number of rotatable bonds is 3. The molecule has 17 heavy (non-hydrogen) atoms. The summed E-state index contributed by atoms with van der Waals surface area (Å²) < 4.78 is 18.4. The highest BCUT2D eigenvalue weighted by Gasteiger charge is 2.11. The number of hydrogen-bond donors (Lipinski definition) is 0. The molecule has 1 saturated heterocycles. The normalized spacial score (nSPS) is 16.4. The van der Waals surface area contributed by atoms with Crippen LogP contribution in [0.5, 0.6) is 5.75 Å². The molecule has 1 aliphatic heterocycles. The van der Waals surface area contributed by atoms with Gasteiger partial charge in [0.1, 0.15) is 0 Å². The van der Waals surface area contributed by atoms with E-state index in [2.05, 4.69) is 4.90 Å². The zero-order valence-corrected chi connectivity index (χ0v) is 10.9. The Balaban J connectivity index is 0.00000144. The maximum Gasteiger partial charge on any atom is 0.165 e. The number of methoxy groups -OCH3 is 1. The van der Waals surface area contributed by atoms with Crippen molar-refractivity contribution < 1.29 is 9.13 Å². The van der Waals surface area contributed by atoms with Crippen molar-refractivity contribution in [2.45, 2.75) is 25.8 Å². The van der Waals surface area contributed by atoms with Crippen LogP contribution in [0.4, 0.5) is 4.39 Å². The van der Waals surface area contributed by atoms with Gasteiger partial charge in [-0.1, -0.05) is 12.5 Å². The Kier molecular flexibility index (Phi) is 5.72. The number of nitrogens with zero attached hydrogens (tertiary/aromatic N) is 1. The van der Waals surface area contributed by atoms with Crippen molar-refractivity contribution >= 4 is 12.4 Å². The summed E-state index contributed by atoms with van der Waals surface area (Å²) in [6.45, 7) is 3.11. The maximum absolute atomic E-state index is 13.5. The van der Waals surface area contributed by atoms with Gasteiger partial charge in [-0.05, 0) is 43.6 Å². The smallest absolute Gasteiger partial charge is 0.165 e. The molecule has 0 N–H and O–H groups in total. The number of halogens is 2. The zero-order valence-electron chi connectivity index (χ0n) is 10.1. The Morgan fingerprint density at radius 2 is 1.94 bits per heavy atom. The van der Waals surface area contributed by atoms with Crippen molar-refractivity contribution in [2.24, 2.45) is 0 Å². The zero-order chi connectivity index (χ0) is 11.4. The van der Waals surface area contributed by atoms with Crippen molar-refractivity contribution in [3.05, 3.63) is 29.6 Å². The third-order valence-corrected chi connectivity index (χ3v) is 3.07. The largest absolute Gasteiger partial charge is 0.494 e. The molecule has 0 spiro atoms. The first kappa shape index (κ1) is 14.3. The van der Waals surface area contributed by atoms with E-state index in [0.29, 0.717) is 5.75 Å². The third-order valence-electron chi connectivity index (χ3n) is 3.07. The molecule has 1 heterocycles. The van der Waals surface area contributed by atoms with E-state index in [0.717, 1.165) is 25.2 Å². The molecule has 0 radical (unpaired) electrons. The first-order valence-corrected chi connectivity index (χ1v) is 5.84. The number of likely N-dealkylation sites (tertiary alicyclic amines) is 1. The van der Waals surface area contributed by atoms with Crippen LogP contribution in [0, 0.1) is 5.82 Å². The summed E-state index contributed by atoms with van der Waals surface area (Å²) in [7, 11) is 1.49. The van der Waals surface area contributed by atoms with Gasteiger partial charge in [0.25, 0.3) is 0 Å². The molecule has 1 aromatic rings. The van der Waals surface area contributed by atoms with E-state index in [1.54, 1.807) is 12.1 Å². The Hall–Kier alpha value is -0.800. The van der Waals surface area contributed by atoms with E-state index in [4.69, 9.17) is 4.74 Å². The van der Waals surface area contributed by atoms with Gasteiger partial charge in [0.2, 0.25) is 0 Å². The molecule has 2 nitrogen and oxygen atoms in total. The highest BCUT2D eigenvalue weighted by molar-refractivity contribution is 5.85. The fourth-order valence-electron chi connectivity index (χ4n) is 2.18. The Labute approximate surface area is 108 Å². The van der Waals surface area contributed by atoms with Crippen LogP contribution in [-0.4, -0.2) is 25.1 Å². The number of benzene rings is 1. The molecule has 1 aromatic carbocycles. The van der Waals surface area contributed by atoms with Crippen molar-refractivity contribution in [1.29, 1.82) is 0 Å². The van der Waals surface area contributed by atoms with Crippen molar-refractivity contribution in [1.82, 2.24) is 4.90 Å². The van der Waals surface area contributed by atoms with E-state index < -0.39 is 0 Å². The first-order valence-electron chi connectivity index (χ1n) is 5.84. The molecule has 0 saturated carbocycles. The summed E-state index contributed by atoms with van der Waals surface area (Å²) in [4.78, 5) is 2.38. The molecule has 0 aromatic heterocycles. The van der Waals surface area contributed by atoms with Crippen LogP contribution in [0.15, 0.2) is 18.2 Å². The van der Waals surface area contributed by atoms with Gasteiger partial charge in [-0.25, -0.2) is 4.39 Å². The van der Waals surface area contributed by atoms with E-state index >= 15 is 0 Å². The summed E-state index contributed by atoms with van der Waals surface area (Å²) >= 11 is 0. The molecule has 96 valence electrons. The maximum atomic E-state index is 13.5. The fourth-order valence-corrected chi connectivity index (χ4v) is 2.18. The SMILES string of the molecule is COc1ccc(CN2CCCCC2)cc1F.Cl. The van der Waals surface area contributed by atoms with Crippen LogP contribution < -0.4 is 4.74 Å². The minimum Gasteiger partial charge on any atom is -0.494 e. The highest BCUT2D eigenvalue weighted by Crippen LogP contribution is 2.19. The summed E-state index contributed by atoms with van der Waals surface area (Å²) in [6.07, 6.45) is 3.85. The van der Waals surface area contributed by atoms with Gasteiger partial charge in [-0.15, -0.1) is 12.4 Å². The van der Waals surface area contributed by atoms with Crippen LogP contribution in [0.3, 0.4) is 0 Å². The lowest BCUT2D eigenvalue weighted by molar-refractivity contribution is 0.220. The Morgan fingerprint density at radius 3 is 2.53 bits per heavy atom. The average Bonchev–Trinajstić information content (AvgIpc) is 2.31. The topological polar surface area (TPSA) is 12.5 Å². The first-order chi connectivity index (χ1) is 7.79. The molecule has 1 aliphatic rings. The van der Waals surface area contributed by atoms with Crippen molar-refractivity contribution in [3.8, 4) is 5.75 Å². The molecular weight excluding hydrogens is 241 g/mol. The Bertz CT molecular complexity index is 353. The van der Waals surface area contributed by atoms with Crippen LogP contribution in [0.25, 0.3) is 0 Å². The van der Waals surface area contributed by atoms with E-state index in [1.807, 2.05) is 6.07 Å². The number of piperidine rings is 1. The second-order valence-corrected chi connectivity index (χ2v) is 4.31. The summed E-state index contributed by atoms with van der Waals surface area (Å²) in [5, 5.41) is 0. The second-order valence-electron chi connectivity index (χ2n) is 4.31. The standard InChI is InChI=1S/C13H18FNO.ClH/c1-16-13-6-5-11(9-12(13)14)10-15-7-3-2-4-8-15;/h5-6,9H,2-4,7-8,10H2,1H3;1H. The van der Waals surface area contributed by atoms with Crippen molar-refractivity contribution in [3.63, 3.8) is 0 Å². The predicted molar refractivity (Wildman–Crippen MR) is 69.3 cm³/mol. The minimum absolute atomic E-state index is 0. The summed E-state index contributed by atoms with van der Waals surface area (Å²) in [5.74, 6) is 0.0550.